The van der Waals surface area contributed by atoms with Crippen LogP contribution >= 0.6 is 0 Å². The van der Waals surface area contributed by atoms with Gasteiger partial charge in [0.15, 0.2) is 17.6 Å². The van der Waals surface area contributed by atoms with E-state index in [1.807, 2.05) is 6.92 Å². The molecule has 1 saturated heterocycles. The van der Waals surface area contributed by atoms with E-state index in [1.165, 1.54) is 18.2 Å². The van der Waals surface area contributed by atoms with Crippen LogP contribution in [-0.2, 0) is 25.5 Å². The summed E-state index contributed by atoms with van der Waals surface area (Å²) in [7, 11) is 1.13. The van der Waals surface area contributed by atoms with E-state index in [0.29, 0.717) is 12.2 Å². The predicted molar refractivity (Wildman–Crippen MR) is 106 cm³/mol. The van der Waals surface area contributed by atoms with E-state index in [-0.39, 0.29) is 22.7 Å². The van der Waals surface area contributed by atoms with Crippen molar-refractivity contribution in [1.29, 1.82) is 0 Å². The highest BCUT2D eigenvalue weighted by molar-refractivity contribution is 6.26. The van der Waals surface area contributed by atoms with Gasteiger partial charge in [-0.05, 0) is 12.1 Å². The van der Waals surface area contributed by atoms with Crippen molar-refractivity contribution < 1.29 is 38.5 Å². The van der Waals surface area contributed by atoms with Crippen LogP contribution in [0.15, 0.2) is 52.5 Å². The summed E-state index contributed by atoms with van der Waals surface area (Å²) < 4.78 is 16.6. The molecule has 162 valence electrons. The molecule has 1 fully saturated rings. The number of hydrogen-bond donors (Lipinski definition) is 3. The smallest absolute Gasteiger partial charge is 0.279 e. The lowest BCUT2D eigenvalue weighted by atomic mass is 9.85. The Morgan fingerprint density at radius 3 is 2.48 bits per heavy atom. The van der Waals surface area contributed by atoms with Gasteiger partial charge in [-0.15, -0.1) is 0 Å². The molecule has 4 rings (SSSR count). The minimum absolute atomic E-state index is 0.121. The molecule has 2 aromatic rings. The molecule has 1 spiro atoms. The molecule has 3 N–H and O–H groups in total. The number of ether oxygens (including phenoxy) is 2. The SMILES string of the molecule is CCc1ccc(C2=C(CO)C(=O)[C@]3(O2)C(=O)N[C@@](OC)(C(=O)c2ccccc2)[C@@H]3O)o1. The minimum Gasteiger partial charge on any atom is -0.462 e. The monoisotopic (exact) mass is 427 g/mol. The number of carbonyl (C=O) groups excluding carboxylic acids is 3. The molecule has 0 aliphatic carbocycles. The van der Waals surface area contributed by atoms with Gasteiger partial charge in [0.05, 0.1) is 12.2 Å². The first-order valence-electron chi connectivity index (χ1n) is 9.68. The number of benzene rings is 1. The summed E-state index contributed by atoms with van der Waals surface area (Å²) >= 11 is 0. The van der Waals surface area contributed by atoms with Gasteiger partial charge in [-0.25, -0.2) is 0 Å². The first-order valence-corrected chi connectivity index (χ1v) is 9.68. The number of rotatable bonds is 6. The van der Waals surface area contributed by atoms with Crippen LogP contribution in [0, 0.1) is 0 Å². The second kappa shape index (κ2) is 7.45. The summed E-state index contributed by atoms with van der Waals surface area (Å²) in [5, 5.41) is 23.3. The average molecular weight is 427 g/mol. The molecule has 1 aromatic carbocycles. The number of aryl methyl sites for hydroxylation is 1. The maximum Gasteiger partial charge on any atom is 0.279 e. The highest BCUT2D eigenvalue weighted by Gasteiger charge is 2.74. The van der Waals surface area contributed by atoms with Crippen molar-refractivity contribution in [2.75, 3.05) is 13.7 Å². The first-order chi connectivity index (χ1) is 14.9. The van der Waals surface area contributed by atoms with Gasteiger partial charge in [-0.1, -0.05) is 37.3 Å². The third kappa shape index (κ3) is 2.78. The van der Waals surface area contributed by atoms with Gasteiger partial charge in [0.1, 0.15) is 5.76 Å². The van der Waals surface area contributed by atoms with Gasteiger partial charge in [-0.3, -0.25) is 14.4 Å². The molecule has 0 radical (unpaired) electrons. The van der Waals surface area contributed by atoms with Gasteiger partial charge < -0.3 is 29.4 Å². The second-order valence-corrected chi connectivity index (χ2v) is 7.24. The van der Waals surface area contributed by atoms with E-state index in [9.17, 15) is 24.6 Å². The predicted octanol–water partition coefficient (Wildman–Crippen LogP) is 0.600. The highest BCUT2D eigenvalue weighted by atomic mass is 16.6. The Morgan fingerprint density at radius 2 is 1.90 bits per heavy atom. The Kier molecular flexibility index (Phi) is 5.04. The van der Waals surface area contributed by atoms with Crippen LogP contribution in [-0.4, -0.2) is 58.8 Å². The number of ketones is 2. The molecule has 3 atom stereocenters. The molecule has 2 aliphatic rings. The molecular formula is C22H21NO8. The number of Topliss-reactive ketones (excluding diaryl/α,β-unsaturated/α-hetero) is 2. The molecular weight excluding hydrogens is 406 g/mol. The first kappa shape index (κ1) is 21.0. The lowest BCUT2D eigenvalue weighted by Gasteiger charge is -2.32. The summed E-state index contributed by atoms with van der Waals surface area (Å²) in [5.74, 6) is -2.23. The Bertz CT molecular complexity index is 1090. The normalized spacial score (nSPS) is 27.7. The maximum atomic E-state index is 13.2. The fourth-order valence-electron chi connectivity index (χ4n) is 3.94. The number of aliphatic hydroxyl groups is 2. The number of aliphatic hydroxyl groups excluding tert-OH is 2. The Balaban J connectivity index is 1.78. The van der Waals surface area contributed by atoms with Crippen molar-refractivity contribution in [1.82, 2.24) is 5.32 Å². The summed E-state index contributed by atoms with van der Waals surface area (Å²) in [6, 6.07) is 11.1. The standard InChI is InChI=1S/C22H21NO8/c1-3-13-9-10-15(30-13)16-14(11-24)18(26)21(31-16)19(27)22(29-2,23-20(21)28)17(25)12-7-5-4-6-8-12/h4-10,19,24,27H,3,11H2,1-2H3,(H,23,28)/t19-,21-,22-/m1/s1. The molecule has 3 heterocycles. The molecule has 2 aliphatic heterocycles. The van der Waals surface area contributed by atoms with Crippen molar-refractivity contribution in [2.45, 2.75) is 30.8 Å². The van der Waals surface area contributed by atoms with E-state index < -0.39 is 41.5 Å². The lowest BCUT2D eigenvalue weighted by molar-refractivity contribution is -0.156. The van der Waals surface area contributed by atoms with Gasteiger partial charge in [-0.2, -0.15) is 0 Å². The molecule has 0 unspecified atom stereocenters. The van der Waals surface area contributed by atoms with Crippen molar-refractivity contribution in [3.63, 3.8) is 0 Å². The zero-order valence-electron chi connectivity index (χ0n) is 16.9. The molecule has 0 bridgehead atoms. The third-order valence-electron chi connectivity index (χ3n) is 5.64. The number of hydrogen-bond acceptors (Lipinski definition) is 8. The van der Waals surface area contributed by atoms with Crippen LogP contribution in [0.2, 0.25) is 0 Å². The number of amides is 1. The van der Waals surface area contributed by atoms with E-state index in [0.717, 1.165) is 7.11 Å². The molecule has 9 nitrogen and oxygen atoms in total. The highest BCUT2D eigenvalue weighted by Crippen LogP contribution is 2.46. The van der Waals surface area contributed by atoms with Gasteiger partial charge >= 0.3 is 0 Å². The molecule has 1 amide bonds. The van der Waals surface area contributed by atoms with Gasteiger partial charge in [0.2, 0.25) is 17.3 Å². The fourth-order valence-corrected chi connectivity index (χ4v) is 3.94. The van der Waals surface area contributed by atoms with Gasteiger partial charge in [0, 0.05) is 19.1 Å². The topological polar surface area (TPSA) is 135 Å². The van der Waals surface area contributed by atoms with Crippen LogP contribution in [0.5, 0.6) is 0 Å². The van der Waals surface area contributed by atoms with Crippen molar-refractivity contribution >= 4 is 23.2 Å². The molecule has 0 saturated carbocycles. The number of nitrogens with one attached hydrogen (secondary N) is 1. The van der Waals surface area contributed by atoms with Crippen LogP contribution in [0.4, 0.5) is 0 Å². The molecule has 9 heteroatoms. The molecule has 1 aromatic heterocycles. The summed E-state index contributed by atoms with van der Waals surface area (Å²) in [6.07, 6.45) is -1.47. The van der Waals surface area contributed by atoms with Crippen molar-refractivity contribution in [3.8, 4) is 0 Å². The maximum absolute atomic E-state index is 13.2. The largest absolute Gasteiger partial charge is 0.462 e. The molecule has 31 heavy (non-hydrogen) atoms. The second-order valence-electron chi connectivity index (χ2n) is 7.24. The van der Waals surface area contributed by atoms with Crippen molar-refractivity contribution in [3.05, 3.63) is 65.1 Å². The van der Waals surface area contributed by atoms with Gasteiger partial charge in [0.25, 0.3) is 11.5 Å². The van der Waals surface area contributed by atoms with E-state index in [2.05, 4.69) is 5.32 Å². The third-order valence-corrected chi connectivity index (χ3v) is 5.64. The average Bonchev–Trinajstić information content (AvgIpc) is 3.45. The zero-order chi connectivity index (χ0) is 22.4. The zero-order valence-corrected chi connectivity index (χ0v) is 16.9. The van der Waals surface area contributed by atoms with Crippen LogP contribution in [0.1, 0.15) is 28.8 Å². The summed E-state index contributed by atoms with van der Waals surface area (Å²) in [4.78, 5) is 39.5. The number of furan rings is 1. The lowest BCUT2D eigenvalue weighted by Crippen LogP contribution is -2.60. The van der Waals surface area contributed by atoms with Crippen molar-refractivity contribution in [2.24, 2.45) is 0 Å². The Labute approximate surface area is 177 Å². The summed E-state index contributed by atoms with van der Waals surface area (Å²) in [5.41, 5.74) is -4.86. The van der Waals surface area contributed by atoms with Crippen LogP contribution in [0.25, 0.3) is 5.76 Å². The minimum atomic E-state index is -2.51. The van der Waals surface area contributed by atoms with E-state index in [4.69, 9.17) is 13.9 Å². The Morgan fingerprint density at radius 1 is 1.19 bits per heavy atom. The Hall–Kier alpha value is -3.27. The number of carbonyl (C=O) groups is 3. The van der Waals surface area contributed by atoms with Crippen LogP contribution < -0.4 is 5.32 Å². The van der Waals surface area contributed by atoms with Crippen LogP contribution in [0.3, 0.4) is 0 Å². The van der Waals surface area contributed by atoms with E-state index in [1.54, 1.807) is 24.3 Å². The quantitative estimate of drug-likeness (QED) is 0.451. The van der Waals surface area contributed by atoms with E-state index >= 15 is 0 Å². The number of methoxy groups -OCH3 is 1. The summed E-state index contributed by atoms with van der Waals surface area (Å²) in [6.45, 7) is 1.10. The fraction of sp³-hybridized carbons (Fsp3) is 0.318.